The Morgan fingerprint density at radius 1 is 0.880 bits per heavy atom. The molecule has 0 saturated carbocycles. The van der Waals surface area contributed by atoms with Gasteiger partial charge in [-0.2, -0.15) is 0 Å². The highest BCUT2D eigenvalue weighted by Crippen LogP contribution is 2.59. The summed E-state index contributed by atoms with van der Waals surface area (Å²) in [6.45, 7) is 13.6. The van der Waals surface area contributed by atoms with Crippen LogP contribution in [0, 0.1) is 11.5 Å². The molecule has 0 aliphatic rings. The van der Waals surface area contributed by atoms with Crippen LogP contribution >= 0.6 is 7.60 Å². The third-order valence-corrected chi connectivity index (χ3v) is 13.6. The summed E-state index contributed by atoms with van der Waals surface area (Å²) in [7, 11) is -2.40. The van der Waals surface area contributed by atoms with Gasteiger partial charge >= 0.3 is 7.60 Å². The fourth-order valence-corrected chi connectivity index (χ4v) is 10.6. The van der Waals surface area contributed by atoms with Crippen LogP contribution in [0.25, 0.3) is 0 Å². The molecule has 1 rings (SSSR count). The topological polar surface area (TPSA) is 35.5 Å². The van der Waals surface area contributed by atoms with Crippen molar-refractivity contribution in [2.45, 2.75) is 63.8 Å². The standard InChI is InChI=1S/C20H33O3PSi/c1-16(2)25(17(3)4,18(5)6)15-14-20(24(21,22-7)23-8)19-12-10-9-11-13-19/h9-13,16-18,20H,1-8H3. The lowest BCUT2D eigenvalue weighted by atomic mass is 10.1. The van der Waals surface area contributed by atoms with Crippen LogP contribution in [0.2, 0.25) is 16.6 Å². The highest BCUT2D eigenvalue weighted by molar-refractivity contribution is 7.54. The SMILES string of the molecule is COP(=O)(OC)C(C#C[Si](C(C)C)(C(C)C)C(C)C)c1ccccc1. The summed E-state index contributed by atoms with van der Waals surface area (Å²) in [5.41, 5.74) is 5.52. The van der Waals surface area contributed by atoms with Crippen LogP contribution in [-0.2, 0) is 13.6 Å². The summed E-state index contributed by atoms with van der Waals surface area (Å²) in [5, 5.41) is 0. The molecule has 1 unspecified atom stereocenters. The molecule has 0 amide bonds. The van der Waals surface area contributed by atoms with Gasteiger partial charge in [-0.05, 0) is 22.2 Å². The smallest absolute Gasteiger partial charge is 0.311 e. The average molecular weight is 381 g/mol. The fourth-order valence-electron chi connectivity index (χ4n) is 3.89. The Morgan fingerprint density at radius 3 is 1.68 bits per heavy atom. The lowest BCUT2D eigenvalue weighted by Crippen LogP contribution is -2.43. The summed E-state index contributed by atoms with van der Waals surface area (Å²) < 4.78 is 23.7. The first-order valence-corrected chi connectivity index (χ1v) is 12.8. The van der Waals surface area contributed by atoms with E-state index in [1.54, 1.807) is 0 Å². The predicted octanol–water partition coefficient (Wildman–Crippen LogP) is 6.44. The van der Waals surface area contributed by atoms with E-state index in [9.17, 15) is 4.57 Å². The van der Waals surface area contributed by atoms with E-state index in [-0.39, 0.29) is 0 Å². The van der Waals surface area contributed by atoms with Crippen LogP contribution < -0.4 is 0 Å². The first kappa shape index (κ1) is 22.2. The molecule has 0 heterocycles. The van der Waals surface area contributed by atoms with Crippen molar-refractivity contribution in [3.63, 3.8) is 0 Å². The van der Waals surface area contributed by atoms with E-state index in [0.29, 0.717) is 16.6 Å². The molecule has 0 fully saturated rings. The van der Waals surface area contributed by atoms with E-state index in [0.717, 1.165) is 5.56 Å². The fraction of sp³-hybridized carbons (Fsp3) is 0.600. The summed E-state index contributed by atoms with van der Waals surface area (Å²) in [4.78, 5) is 0. The molecular weight excluding hydrogens is 347 g/mol. The van der Waals surface area contributed by atoms with Crippen molar-refractivity contribution in [1.29, 1.82) is 0 Å². The van der Waals surface area contributed by atoms with Gasteiger partial charge in [-0.1, -0.05) is 77.8 Å². The van der Waals surface area contributed by atoms with Gasteiger partial charge in [0.05, 0.1) is 0 Å². The van der Waals surface area contributed by atoms with Crippen molar-refractivity contribution in [3.8, 4) is 11.5 Å². The van der Waals surface area contributed by atoms with Crippen molar-refractivity contribution in [1.82, 2.24) is 0 Å². The van der Waals surface area contributed by atoms with Crippen LogP contribution in [0.15, 0.2) is 30.3 Å². The molecule has 0 aromatic heterocycles. The first-order chi connectivity index (χ1) is 11.7. The maximum atomic E-state index is 13.1. The van der Waals surface area contributed by atoms with Crippen LogP contribution in [0.1, 0.15) is 52.8 Å². The summed E-state index contributed by atoms with van der Waals surface area (Å²) in [6.07, 6.45) is 0. The van der Waals surface area contributed by atoms with E-state index in [4.69, 9.17) is 9.05 Å². The highest BCUT2D eigenvalue weighted by atomic mass is 31.2. The number of rotatable bonds is 7. The van der Waals surface area contributed by atoms with Gasteiger partial charge in [0, 0.05) is 14.2 Å². The van der Waals surface area contributed by atoms with Crippen LogP contribution in [-0.4, -0.2) is 22.3 Å². The van der Waals surface area contributed by atoms with Gasteiger partial charge in [-0.25, -0.2) is 0 Å². The van der Waals surface area contributed by atoms with Gasteiger partial charge in [-0.15, -0.1) is 5.54 Å². The molecule has 0 aliphatic carbocycles. The summed E-state index contributed by atoms with van der Waals surface area (Å²) in [6, 6.07) is 9.67. The maximum Gasteiger partial charge on any atom is 0.349 e. The maximum absolute atomic E-state index is 13.1. The van der Waals surface area contributed by atoms with Crippen molar-refractivity contribution in [2.24, 2.45) is 0 Å². The Hall–Kier alpha value is -0.853. The van der Waals surface area contributed by atoms with E-state index < -0.39 is 21.3 Å². The second-order valence-corrected chi connectivity index (χ2v) is 15.3. The Labute approximate surface area is 155 Å². The zero-order valence-corrected chi connectivity index (χ0v) is 18.8. The van der Waals surface area contributed by atoms with Crippen LogP contribution in [0.5, 0.6) is 0 Å². The molecule has 0 aliphatic heterocycles. The van der Waals surface area contributed by atoms with Crippen molar-refractivity contribution < 1.29 is 13.6 Å². The van der Waals surface area contributed by atoms with Crippen LogP contribution in [0.4, 0.5) is 0 Å². The molecule has 5 heteroatoms. The second kappa shape index (κ2) is 9.19. The van der Waals surface area contributed by atoms with Gasteiger partial charge in [0.1, 0.15) is 13.7 Å². The molecule has 0 saturated heterocycles. The quantitative estimate of drug-likeness (QED) is 0.310. The molecule has 0 bridgehead atoms. The molecule has 3 nitrogen and oxygen atoms in total. The highest BCUT2D eigenvalue weighted by Gasteiger charge is 2.42. The largest absolute Gasteiger partial charge is 0.349 e. The van der Waals surface area contributed by atoms with Gasteiger partial charge in [0.25, 0.3) is 0 Å². The number of hydrogen-bond donors (Lipinski definition) is 0. The van der Waals surface area contributed by atoms with E-state index >= 15 is 0 Å². The normalized spacial score (nSPS) is 13.9. The van der Waals surface area contributed by atoms with Crippen molar-refractivity contribution in [3.05, 3.63) is 35.9 Å². The molecule has 0 spiro atoms. The minimum atomic E-state index is -3.34. The zero-order valence-electron chi connectivity index (χ0n) is 16.9. The third-order valence-electron chi connectivity index (χ3n) is 5.23. The van der Waals surface area contributed by atoms with Gasteiger partial charge in [0.2, 0.25) is 0 Å². The van der Waals surface area contributed by atoms with Crippen LogP contribution in [0.3, 0.4) is 0 Å². The molecule has 0 N–H and O–H groups in total. The lowest BCUT2D eigenvalue weighted by Gasteiger charge is -2.38. The van der Waals surface area contributed by atoms with Gasteiger partial charge < -0.3 is 9.05 Å². The minimum Gasteiger partial charge on any atom is -0.311 e. The van der Waals surface area contributed by atoms with E-state index in [2.05, 4.69) is 53.0 Å². The molecule has 25 heavy (non-hydrogen) atoms. The number of hydrogen-bond acceptors (Lipinski definition) is 3. The van der Waals surface area contributed by atoms with Crippen molar-refractivity contribution in [2.75, 3.05) is 14.2 Å². The molecular formula is C20H33O3PSi. The monoisotopic (exact) mass is 380 g/mol. The summed E-state index contributed by atoms with van der Waals surface area (Å²) >= 11 is 0. The molecule has 1 aromatic rings. The average Bonchev–Trinajstić information content (AvgIpc) is 2.58. The second-order valence-electron chi connectivity index (χ2n) is 7.38. The van der Waals surface area contributed by atoms with Gasteiger partial charge in [-0.3, -0.25) is 4.57 Å². The van der Waals surface area contributed by atoms with E-state index in [1.165, 1.54) is 14.2 Å². The lowest BCUT2D eigenvalue weighted by molar-refractivity contribution is 0.271. The van der Waals surface area contributed by atoms with E-state index in [1.807, 2.05) is 30.3 Å². The Balaban J connectivity index is 3.55. The van der Waals surface area contributed by atoms with Gasteiger partial charge in [0.15, 0.2) is 0 Å². The predicted molar refractivity (Wildman–Crippen MR) is 110 cm³/mol. The summed E-state index contributed by atoms with van der Waals surface area (Å²) in [5.74, 6) is 3.36. The molecule has 1 aromatic carbocycles. The third kappa shape index (κ3) is 4.66. The Bertz CT molecular complexity index is 614. The zero-order chi connectivity index (χ0) is 19.3. The minimum absolute atomic E-state index is 0.515. The molecule has 1 atom stereocenters. The van der Waals surface area contributed by atoms with Crippen molar-refractivity contribution >= 4 is 15.7 Å². The molecule has 0 radical (unpaired) electrons. The molecule has 140 valence electrons. The Kier molecular flexibility index (Phi) is 8.16. The first-order valence-electron chi connectivity index (χ1n) is 8.94. The Morgan fingerprint density at radius 2 is 1.32 bits per heavy atom. The number of benzene rings is 1.